The molecule has 0 spiro atoms. The number of benzene rings is 1. The minimum atomic E-state index is -0.955. The number of hydrogen-bond donors (Lipinski definition) is 3. The van der Waals surface area contributed by atoms with E-state index in [1.54, 1.807) is 30.3 Å². The topological polar surface area (TPSA) is 128 Å². The van der Waals surface area contributed by atoms with Crippen LogP contribution in [0.25, 0.3) is 0 Å². The van der Waals surface area contributed by atoms with Crippen molar-refractivity contribution in [2.75, 3.05) is 6.61 Å². The third-order valence-electron chi connectivity index (χ3n) is 5.57. The molecular weight excluding hydrogens is 386 g/mol. The number of carbonyl (C=O) groups excluding carboxylic acids is 4. The summed E-state index contributed by atoms with van der Waals surface area (Å²) in [5.41, 5.74) is 5.65. The Morgan fingerprint density at radius 3 is 2.40 bits per heavy atom. The first kappa shape index (κ1) is 23.5. The molecule has 1 heterocycles. The largest absolute Gasteiger partial charge is 0.370 e. The molecule has 1 aromatic rings. The molecule has 1 aromatic carbocycles. The van der Waals surface area contributed by atoms with Crippen molar-refractivity contribution in [2.45, 2.75) is 58.2 Å². The maximum Gasteiger partial charge on any atom is 0.251 e. The van der Waals surface area contributed by atoms with E-state index >= 15 is 0 Å². The quantitative estimate of drug-likeness (QED) is 0.527. The van der Waals surface area contributed by atoms with E-state index in [9.17, 15) is 19.2 Å². The molecular formula is C22H31N3O5. The first-order chi connectivity index (χ1) is 14.2. The minimum Gasteiger partial charge on any atom is -0.370 e. The Labute approximate surface area is 176 Å². The third kappa shape index (κ3) is 6.66. The molecule has 0 bridgehead atoms. The van der Waals surface area contributed by atoms with E-state index in [4.69, 9.17) is 10.5 Å². The summed E-state index contributed by atoms with van der Waals surface area (Å²) in [4.78, 5) is 49.0. The second kappa shape index (κ2) is 10.9. The van der Waals surface area contributed by atoms with Crippen LogP contribution < -0.4 is 16.4 Å². The molecule has 8 nitrogen and oxygen atoms in total. The molecule has 0 radical (unpaired) electrons. The second-order valence-corrected chi connectivity index (χ2v) is 8.16. The first-order valence-electron chi connectivity index (χ1n) is 10.3. The maximum absolute atomic E-state index is 13.0. The zero-order valence-electron chi connectivity index (χ0n) is 17.7. The van der Waals surface area contributed by atoms with Gasteiger partial charge in [0.2, 0.25) is 11.8 Å². The maximum atomic E-state index is 13.0. The lowest BCUT2D eigenvalue weighted by Gasteiger charge is -2.24. The number of nitrogens with one attached hydrogen (secondary N) is 2. The summed E-state index contributed by atoms with van der Waals surface area (Å²) in [5, 5.41) is 5.44. The fourth-order valence-electron chi connectivity index (χ4n) is 3.25. The van der Waals surface area contributed by atoms with Crippen molar-refractivity contribution in [2.24, 2.45) is 17.6 Å². The van der Waals surface area contributed by atoms with Gasteiger partial charge < -0.3 is 21.1 Å². The Kier molecular flexibility index (Phi) is 8.53. The Bertz CT molecular complexity index is 765. The fourth-order valence-corrected chi connectivity index (χ4v) is 3.25. The third-order valence-corrected chi connectivity index (χ3v) is 5.57. The van der Waals surface area contributed by atoms with E-state index < -0.39 is 30.0 Å². The lowest BCUT2D eigenvalue weighted by molar-refractivity contribution is -0.128. The fraction of sp³-hybridized carbons (Fsp3) is 0.545. The highest BCUT2D eigenvalue weighted by molar-refractivity contribution is 5.99. The monoisotopic (exact) mass is 417 g/mol. The molecule has 0 aromatic heterocycles. The molecule has 164 valence electrons. The normalized spacial score (nSPS) is 20.6. The van der Waals surface area contributed by atoms with Crippen molar-refractivity contribution in [3.63, 3.8) is 0 Å². The molecule has 1 aliphatic heterocycles. The summed E-state index contributed by atoms with van der Waals surface area (Å²) in [6.07, 6.45) is 0.192. The van der Waals surface area contributed by atoms with Crippen molar-refractivity contribution in [3.8, 4) is 0 Å². The number of ether oxygens (including phenoxy) is 1. The lowest BCUT2D eigenvalue weighted by atomic mass is 9.91. The Balaban J connectivity index is 2.11. The first-order valence-corrected chi connectivity index (χ1v) is 10.3. The molecule has 3 amide bonds. The lowest BCUT2D eigenvalue weighted by Crippen LogP contribution is -2.53. The SMILES string of the molecule is CC(C)C(C)CCC(NC(=O)c1ccccc1)C(=O)NC1C(=O)COC1CC(N)=O. The molecule has 1 aliphatic rings. The Hall–Kier alpha value is -2.74. The van der Waals surface area contributed by atoms with Crippen LogP contribution in [0, 0.1) is 11.8 Å². The molecule has 30 heavy (non-hydrogen) atoms. The van der Waals surface area contributed by atoms with Gasteiger partial charge in [-0.3, -0.25) is 19.2 Å². The number of primary amides is 1. The molecule has 1 saturated heterocycles. The summed E-state index contributed by atoms with van der Waals surface area (Å²) >= 11 is 0. The zero-order chi connectivity index (χ0) is 22.3. The van der Waals surface area contributed by atoms with E-state index in [1.165, 1.54) is 0 Å². The number of hydrogen-bond acceptors (Lipinski definition) is 5. The van der Waals surface area contributed by atoms with Gasteiger partial charge in [0.05, 0.1) is 12.5 Å². The number of Topliss-reactive ketones (excluding diaryl/α,β-unsaturated/α-hetero) is 1. The van der Waals surface area contributed by atoms with Crippen LogP contribution in [0.5, 0.6) is 0 Å². The molecule has 2 rings (SSSR count). The average molecular weight is 418 g/mol. The van der Waals surface area contributed by atoms with Crippen molar-refractivity contribution in [1.82, 2.24) is 10.6 Å². The van der Waals surface area contributed by atoms with Gasteiger partial charge in [0.15, 0.2) is 5.78 Å². The molecule has 0 aliphatic carbocycles. The number of rotatable bonds is 10. The highest BCUT2D eigenvalue weighted by Gasteiger charge is 2.39. The van der Waals surface area contributed by atoms with E-state index in [2.05, 4.69) is 31.4 Å². The van der Waals surface area contributed by atoms with Crippen molar-refractivity contribution < 1.29 is 23.9 Å². The van der Waals surface area contributed by atoms with E-state index in [0.29, 0.717) is 23.8 Å². The second-order valence-electron chi connectivity index (χ2n) is 8.16. The Morgan fingerprint density at radius 2 is 1.80 bits per heavy atom. The molecule has 0 saturated carbocycles. The number of ketones is 1. The van der Waals surface area contributed by atoms with Gasteiger partial charge in [0, 0.05) is 5.56 Å². The summed E-state index contributed by atoms with van der Waals surface area (Å²) < 4.78 is 5.30. The highest BCUT2D eigenvalue weighted by Crippen LogP contribution is 2.19. The van der Waals surface area contributed by atoms with Crippen LogP contribution >= 0.6 is 0 Å². The molecule has 4 N–H and O–H groups in total. The van der Waals surface area contributed by atoms with E-state index in [0.717, 1.165) is 6.42 Å². The molecule has 4 atom stereocenters. The predicted octanol–water partition coefficient (Wildman–Crippen LogP) is 1.19. The van der Waals surface area contributed by atoms with Crippen molar-refractivity contribution in [1.29, 1.82) is 0 Å². The van der Waals surface area contributed by atoms with Crippen LogP contribution in [-0.4, -0.2) is 48.3 Å². The number of nitrogens with two attached hydrogens (primary N) is 1. The Morgan fingerprint density at radius 1 is 1.13 bits per heavy atom. The zero-order valence-corrected chi connectivity index (χ0v) is 17.7. The predicted molar refractivity (Wildman–Crippen MR) is 111 cm³/mol. The standard InChI is InChI=1S/C22H31N3O5/c1-13(2)14(3)9-10-16(24-21(28)15-7-5-4-6-8-15)22(29)25-20-17(26)12-30-18(20)11-19(23)27/h4-8,13-14,16,18,20H,9-12H2,1-3H3,(H2,23,27)(H,24,28)(H,25,29). The van der Waals surface area contributed by atoms with Crippen molar-refractivity contribution in [3.05, 3.63) is 35.9 Å². The molecule has 1 fully saturated rings. The van der Waals surface area contributed by atoms with Gasteiger partial charge in [-0.1, -0.05) is 39.0 Å². The van der Waals surface area contributed by atoms with Gasteiger partial charge in [-0.05, 0) is 36.8 Å². The van der Waals surface area contributed by atoms with Crippen LogP contribution in [0.2, 0.25) is 0 Å². The van der Waals surface area contributed by atoms with E-state index in [-0.39, 0.29) is 24.7 Å². The van der Waals surface area contributed by atoms with Gasteiger partial charge in [-0.25, -0.2) is 0 Å². The van der Waals surface area contributed by atoms with Crippen LogP contribution in [0.3, 0.4) is 0 Å². The van der Waals surface area contributed by atoms with Crippen LogP contribution in [0.15, 0.2) is 30.3 Å². The summed E-state index contributed by atoms with van der Waals surface area (Å²) in [6, 6.07) is 6.85. The summed E-state index contributed by atoms with van der Waals surface area (Å²) in [7, 11) is 0. The average Bonchev–Trinajstić information content (AvgIpc) is 3.03. The highest BCUT2D eigenvalue weighted by atomic mass is 16.5. The van der Waals surface area contributed by atoms with Crippen molar-refractivity contribution >= 4 is 23.5 Å². The van der Waals surface area contributed by atoms with E-state index in [1.807, 2.05) is 0 Å². The van der Waals surface area contributed by atoms with Crippen LogP contribution in [0.4, 0.5) is 0 Å². The summed E-state index contributed by atoms with van der Waals surface area (Å²) in [6.45, 7) is 6.11. The van der Waals surface area contributed by atoms with Crippen LogP contribution in [0.1, 0.15) is 50.4 Å². The smallest absolute Gasteiger partial charge is 0.251 e. The van der Waals surface area contributed by atoms with Gasteiger partial charge >= 0.3 is 0 Å². The molecule has 4 unspecified atom stereocenters. The van der Waals surface area contributed by atoms with Crippen LogP contribution in [-0.2, 0) is 19.1 Å². The van der Waals surface area contributed by atoms with Gasteiger partial charge in [-0.15, -0.1) is 0 Å². The van der Waals surface area contributed by atoms with Gasteiger partial charge in [0.25, 0.3) is 5.91 Å². The van der Waals surface area contributed by atoms with Gasteiger partial charge in [-0.2, -0.15) is 0 Å². The number of carbonyl (C=O) groups is 4. The number of amides is 3. The van der Waals surface area contributed by atoms with Gasteiger partial charge in [0.1, 0.15) is 18.7 Å². The summed E-state index contributed by atoms with van der Waals surface area (Å²) in [5.74, 6) is -0.993. The minimum absolute atomic E-state index is 0.165. The molecule has 8 heteroatoms.